The molecule has 27 heavy (non-hydrogen) atoms. The Bertz CT molecular complexity index is 971. The van der Waals surface area contributed by atoms with Crippen molar-refractivity contribution in [1.29, 1.82) is 0 Å². The molecule has 2 aromatic carbocycles. The Kier molecular flexibility index (Phi) is 5.65. The maximum Gasteiger partial charge on any atom is 0.234 e. The van der Waals surface area contributed by atoms with Crippen LogP contribution in [0.3, 0.4) is 0 Å². The number of carbonyl (C=O) groups is 1. The van der Waals surface area contributed by atoms with E-state index in [0.29, 0.717) is 5.16 Å². The summed E-state index contributed by atoms with van der Waals surface area (Å²) in [6, 6.07) is 12.3. The first-order chi connectivity index (χ1) is 12.8. The van der Waals surface area contributed by atoms with Gasteiger partial charge in [0.15, 0.2) is 5.16 Å². The summed E-state index contributed by atoms with van der Waals surface area (Å²) in [5.74, 6) is 1.02. The quantitative estimate of drug-likeness (QED) is 0.660. The zero-order valence-corrected chi connectivity index (χ0v) is 17.1. The zero-order valence-electron chi connectivity index (χ0n) is 16.3. The van der Waals surface area contributed by atoms with E-state index in [-0.39, 0.29) is 11.7 Å². The minimum atomic E-state index is -0.0495. The Morgan fingerprint density at radius 2 is 1.70 bits per heavy atom. The third-order valence-electron chi connectivity index (χ3n) is 4.33. The molecule has 0 bridgehead atoms. The van der Waals surface area contributed by atoms with Gasteiger partial charge in [0.05, 0.1) is 5.75 Å². The fourth-order valence-corrected chi connectivity index (χ4v) is 3.98. The van der Waals surface area contributed by atoms with Gasteiger partial charge in [-0.05, 0) is 63.4 Å². The molecule has 0 aliphatic heterocycles. The topological polar surface area (TPSA) is 59.8 Å². The van der Waals surface area contributed by atoms with Gasteiger partial charge in [-0.3, -0.25) is 9.36 Å². The molecule has 6 heteroatoms. The van der Waals surface area contributed by atoms with Gasteiger partial charge in [-0.25, -0.2) is 0 Å². The van der Waals surface area contributed by atoms with Crippen LogP contribution in [0.5, 0.6) is 0 Å². The summed E-state index contributed by atoms with van der Waals surface area (Å²) < 4.78 is 1.98. The third-order valence-corrected chi connectivity index (χ3v) is 5.26. The summed E-state index contributed by atoms with van der Waals surface area (Å²) in [7, 11) is 0. The van der Waals surface area contributed by atoms with E-state index in [1.807, 2.05) is 37.5 Å². The highest BCUT2D eigenvalue weighted by molar-refractivity contribution is 7.99. The van der Waals surface area contributed by atoms with Gasteiger partial charge in [-0.1, -0.05) is 41.6 Å². The minimum Gasteiger partial charge on any atom is -0.325 e. The predicted octanol–water partition coefficient (Wildman–Crippen LogP) is 4.54. The van der Waals surface area contributed by atoms with E-state index in [0.717, 1.165) is 28.3 Å². The first-order valence-electron chi connectivity index (χ1n) is 8.84. The lowest BCUT2D eigenvalue weighted by Gasteiger charge is -2.13. The van der Waals surface area contributed by atoms with Crippen molar-refractivity contribution >= 4 is 23.4 Å². The summed E-state index contributed by atoms with van der Waals surface area (Å²) in [5, 5.41) is 12.2. The fraction of sp³-hybridized carbons (Fsp3) is 0.286. The van der Waals surface area contributed by atoms with Crippen LogP contribution in [0.2, 0.25) is 0 Å². The smallest absolute Gasteiger partial charge is 0.234 e. The number of nitrogens with one attached hydrogen (secondary N) is 1. The number of rotatable bonds is 5. The summed E-state index contributed by atoms with van der Waals surface area (Å²) in [5.41, 5.74) is 6.40. The first-order valence-corrected chi connectivity index (χ1v) is 9.83. The average Bonchev–Trinajstić information content (AvgIpc) is 2.97. The molecule has 0 aliphatic rings. The Morgan fingerprint density at radius 1 is 1.00 bits per heavy atom. The molecule has 0 aliphatic carbocycles. The number of amides is 1. The number of hydrogen-bond donors (Lipinski definition) is 1. The summed E-state index contributed by atoms with van der Waals surface area (Å²) in [4.78, 5) is 12.5. The minimum absolute atomic E-state index is 0.0495. The number of aromatic nitrogens is 3. The maximum atomic E-state index is 12.5. The molecular weight excluding hydrogens is 356 g/mol. The van der Waals surface area contributed by atoms with E-state index in [9.17, 15) is 4.79 Å². The van der Waals surface area contributed by atoms with Gasteiger partial charge in [0.2, 0.25) is 5.91 Å². The molecule has 0 atom stereocenters. The second kappa shape index (κ2) is 7.96. The molecule has 1 heterocycles. The lowest BCUT2D eigenvalue weighted by atomic mass is 10.1. The average molecular weight is 381 g/mol. The van der Waals surface area contributed by atoms with Gasteiger partial charge < -0.3 is 5.32 Å². The molecule has 1 N–H and O–H groups in total. The number of nitrogens with zero attached hydrogens (tertiary/aromatic N) is 3. The summed E-state index contributed by atoms with van der Waals surface area (Å²) in [6.45, 7) is 10.1. The first kappa shape index (κ1) is 19.2. The molecule has 0 saturated carbocycles. The highest BCUT2D eigenvalue weighted by atomic mass is 32.2. The van der Waals surface area contributed by atoms with Crippen molar-refractivity contribution in [3.63, 3.8) is 0 Å². The Labute approximate surface area is 164 Å². The fourth-order valence-electron chi connectivity index (χ4n) is 3.18. The molecule has 0 unspecified atom stereocenters. The molecule has 0 spiro atoms. The van der Waals surface area contributed by atoms with E-state index < -0.39 is 0 Å². The molecule has 140 valence electrons. The van der Waals surface area contributed by atoms with Gasteiger partial charge >= 0.3 is 0 Å². The lowest BCUT2D eigenvalue weighted by Crippen LogP contribution is -2.16. The molecule has 3 rings (SSSR count). The normalized spacial score (nSPS) is 10.9. The SMILES string of the molecule is Cc1cccc(-n2c(C)nnc2SCC(=O)Nc2c(C)cc(C)cc2C)c1. The Morgan fingerprint density at radius 3 is 2.37 bits per heavy atom. The number of aryl methyl sites for hydroxylation is 5. The highest BCUT2D eigenvalue weighted by Crippen LogP contribution is 2.25. The molecule has 0 radical (unpaired) electrons. The van der Waals surface area contributed by atoms with Crippen LogP contribution in [0.25, 0.3) is 5.69 Å². The van der Waals surface area contributed by atoms with Crippen molar-refractivity contribution in [3.8, 4) is 5.69 Å². The van der Waals surface area contributed by atoms with E-state index >= 15 is 0 Å². The van der Waals surface area contributed by atoms with E-state index in [1.54, 1.807) is 0 Å². The van der Waals surface area contributed by atoms with Gasteiger partial charge in [-0.15, -0.1) is 10.2 Å². The van der Waals surface area contributed by atoms with Crippen LogP contribution >= 0.6 is 11.8 Å². The van der Waals surface area contributed by atoms with Gasteiger partial charge in [-0.2, -0.15) is 0 Å². The second-order valence-electron chi connectivity index (χ2n) is 6.81. The van der Waals surface area contributed by atoms with Crippen LogP contribution in [0.15, 0.2) is 41.6 Å². The van der Waals surface area contributed by atoms with Crippen molar-refractivity contribution < 1.29 is 4.79 Å². The lowest BCUT2D eigenvalue weighted by molar-refractivity contribution is -0.113. The molecule has 0 saturated heterocycles. The van der Waals surface area contributed by atoms with Crippen molar-refractivity contribution in [3.05, 3.63) is 64.5 Å². The van der Waals surface area contributed by atoms with Gasteiger partial charge in [0, 0.05) is 11.4 Å². The molecule has 1 amide bonds. The van der Waals surface area contributed by atoms with Crippen LogP contribution < -0.4 is 5.32 Å². The second-order valence-corrected chi connectivity index (χ2v) is 7.76. The molecule has 3 aromatic rings. The van der Waals surface area contributed by atoms with Crippen LogP contribution in [0.1, 0.15) is 28.1 Å². The molecular formula is C21H24N4OS. The van der Waals surface area contributed by atoms with Crippen molar-refractivity contribution in [2.75, 3.05) is 11.1 Å². The zero-order chi connectivity index (χ0) is 19.6. The summed E-state index contributed by atoms with van der Waals surface area (Å²) >= 11 is 1.39. The van der Waals surface area contributed by atoms with Crippen molar-refractivity contribution in [2.24, 2.45) is 0 Å². The summed E-state index contributed by atoms with van der Waals surface area (Å²) in [6.07, 6.45) is 0. The number of carbonyl (C=O) groups excluding carboxylic acids is 1. The molecule has 0 fully saturated rings. The van der Waals surface area contributed by atoms with Crippen LogP contribution in [-0.2, 0) is 4.79 Å². The number of hydrogen-bond acceptors (Lipinski definition) is 4. The predicted molar refractivity (Wildman–Crippen MR) is 111 cm³/mol. The van der Waals surface area contributed by atoms with Gasteiger partial charge in [0.1, 0.15) is 5.82 Å². The Hall–Kier alpha value is -2.60. The van der Waals surface area contributed by atoms with Crippen LogP contribution in [0.4, 0.5) is 5.69 Å². The van der Waals surface area contributed by atoms with E-state index in [2.05, 4.69) is 53.6 Å². The molecule has 1 aromatic heterocycles. The van der Waals surface area contributed by atoms with Crippen LogP contribution in [-0.4, -0.2) is 26.4 Å². The van der Waals surface area contributed by atoms with Crippen molar-refractivity contribution in [2.45, 2.75) is 39.8 Å². The highest BCUT2D eigenvalue weighted by Gasteiger charge is 2.14. The maximum absolute atomic E-state index is 12.5. The van der Waals surface area contributed by atoms with Crippen molar-refractivity contribution in [1.82, 2.24) is 14.8 Å². The number of benzene rings is 2. The molecule has 5 nitrogen and oxygen atoms in total. The standard InChI is InChI=1S/C21H24N4OS/c1-13-7-6-8-18(11-13)25-17(5)23-24-21(25)27-12-19(26)22-20-15(3)9-14(2)10-16(20)4/h6-11H,12H2,1-5H3,(H,22,26). The third kappa shape index (κ3) is 4.39. The number of anilines is 1. The largest absolute Gasteiger partial charge is 0.325 e. The van der Waals surface area contributed by atoms with Crippen LogP contribution in [0, 0.1) is 34.6 Å². The van der Waals surface area contributed by atoms with E-state index in [1.165, 1.54) is 22.9 Å². The Balaban J connectivity index is 1.74. The van der Waals surface area contributed by atoms with E-state index in [4.69, 9.17) is 0 Å². The van der Waals surface area contributed by atoms with Gasteiger partial charge in [0.25, 0.3) is 0 Å². The number of thioether (sulfide) groups is 1. The monoisotopic (exact) mass is 380 g/mol.